The summed E-state index contributed by atoms with van der Waals surface area (Å²) >= 11 is 11.7. The van der Waals surface area contributed by atoms with Gasteiger partial charge in [0, 0.05) is 10.7 Å². The number of nitrogens with two attached hydrogens (primary N) is 1. The average Bonchev–Trinajstić information content (AvgIpc) is 2.36. The van der Waals surface area contributed by atoms with Gasteiger partial charge in [0.05, 0.1) is 15.7 Å². The minimum atomic E-state index is -3.77. The molecule has 0 heterocycles. The maximum atomic E-state index is 13.2. The van der Waals surface area contributed by atoms with Gasteiger partial charge in [-0.15, -0.1) is 0 Å². The van der Waals surface area contributed by atoms with Gasteiger partial charge in [-0.25, -0.2) is 12.8 Å². The van der Waals surface area contributed by atoms with E-state index in [1.807, 2.05) is 0 Å². The molecule has 0 radical (unpaired) electrons. The van der Waals surface area contributed by atoms with Crippen LogP contribution in [-0.4, -0.2) is 8.42 Å². The molecule has 0 aromatic heterocycles. The van der Waals surface area contributed by atoms with Crippen LogP contribution in [0.15, 0.2) is 41.3 Å². The molecule has 2 aromatic carbocycles. The Kier molecular flexibility index (Phi) is 4.22. The summed E-state index contributed by atoms with van der Waals surface area (Å²) in [5.74, 6) is -1.01. The summed E-state index contributed by atoms with van der Waals surface area (Å²) < 4.78 is 37.8. The Balaban J connectivity index is 2.46. The lowest BCUT2D eigenvalue weighted by Crippen LogP contribution is -2.07. The third kappa shape index (κ3) is 3.23. The third-order valence-corrected chi connectivity index (χ3v) is 5.15. The Morgan fingerprint density at radius 1 is 1.05 bits per heavy atom. The molecule has 7 heteroatoms. The highest BCUT2D eigenvalue weighted by Crippen LogP contribution is 2.28. The first kappa shape index (κ1) is 15.1. The molecule has 0 fully saturated rings. The number of benzene rings is 2. The van der Waals surface area contributed by atoms with E-state index < -0.39 is 21.4 Å². The number of anilines is 1. The van der Waals surface area contributed by atoms with Crippen LogP contribution in [0.5, 0.6) is 0 Å². The quantitative estimate of drug-likeness (QED) is 0.871. The van der Waals surface area contributed by atoms with E-state index in [-0.39, 0.29) is 26.2 Å². The van der Waals surface area contributed by atoms with Crippen molar-refractivity contribution in [2.24, 2.45) is 0 Å². The van der Waals surface area contributed by atoms with E-state index in [4.69, 9.17) is 28.9 Å². The van der Waals surface area contributed by atoms with Crippen LogP contribution in [0.3, 0.4) is 0 Å². The molecule has 2 aromatic rings. The molecule has 20 heavy (non-hydrogen) atoms. The summed E-state index contributed by atoms with van der Waals surface area (Å²) in [5, 5.41) is 0.238. The average molecular weight is 334 g/mol. The van der Waals surface area contributed by atoms with Crippen molar-refractivity contribution in [3.8, 4) is 0 Å². The SMILES string of the molecule is Nc1ccc(Cl)c(S(=O)(=O)Cc2cc(F)ccc2Cl)c1. The largest absolute Gasteiger partial charge is 0.399 e. The topological polar surface area (TPSA) is 60.2 Å². The van der Waals surface area contributed by atoms with Gasteiger partial charge in [0.2, 0.25) is 0 Å². The molecule has 106 valence electrons. The minimum absolute atomic E-state index is 0.0618. The van der Waals surface area contributed by atoms with Gasteiger partial charge >= 0.3 is 0 Å². The summed E-state index contributed by atoms with van der Waals surface area (Å²) in [5.41, 5.74) is 6.01. The molecule has 3 nitrogen and oxygen atoms in total. The van der Waals surface area contributed by atoms with Crippen LogP contribution in [-0.2, 0) is 15.6 Å². The smallest absolute Gasteiger partial charge is 0.184 e. The molecule has 2 N–H and O–H groups in total. The zero-order valence-electron chi connectivity index (χ0n) is 10.1. The number of hydrogen-bond donors (Lipinski definition) is 1. The second kappa shape index (κ2) is 5.60. The van der Waals surface area contributed by atoms with E-state index in [9.17, 15) is 12.8 Å². The molecular formula is C13H10Cl2FNO2S. The molecule has 0 unspecified atom stereocenters. The van der Waals surface area contributed by atoms with Crippen molar-refractivity contribution in [3.63, 3.8) is 0 Å². The van der Waals surface area contributed by atoms with Gasteiger partial charge in [0.25, 0.3) is 0 Å². The fraction of sp³-hybridized carbons (Fsp3) is 0.0769. The van der Waals surface area contributed by atoms with Gasteiger partial charge in [-0.05, 0) is 42.0 Å². The zero-order chi connectivity index (χ0) is 14.9. The number of nitrogen functional groups attached to an aromatic ring is 1. The molecular weight excluding hydrogens is 324 g/mol. The summed E-state index contributed by atoms with van der Waals surface area (Å²) in [6.45, 7) is 0. The van der Waals surface area contributed by atoms with Crippen LogP contribution in [0, 0.1) is 5.82 Å². The summed E-state index contributed by atoms with van der Waals surface area (Å²) in [6, 6.07) is 7.72. The van der Waals surface area contributed by atoms with E-state index in [1.165, 1.54) is 24.3 Å². The van der Waals surface area contributed by atoms with Crippen molar-refractivity contribution in [1.29, 1.82) is 0 Å². The fourth-order valence-electron chi connectivity index (χ4n) is 1.69. The highest BCUT2D eigenvalue weighted by molar-refractivity contribution is 7.90. The lowest BCUT2D eigenvalue weighted by atomic mass is 10.2. The molecule has 0 bridgehead atoms. The van der Waals surface area contributed by atoms with Crippen molar-refractivity contribution in [3.05, 3.63) is 57.8 Å². The monoisotopic (exact) mass is 333 g/mol. The van der Waals surface area contributed by atoms with Crippen LogP contribution in [0.4, 0.5) is 10.1 Å². The molecule has 0 aliphatic carbocycles. The van der Waals surface area contributed by atoms with Crippen LogP contribution >= 0.6 is 23.2 Å². The molecule has 0 aliphatic rings. The standard InChI is InChI=1S/C13H10Cl2FNO2S/c14-11-3-1-9(16)5-8(11)7-20(18,19)13-6-10(17)2-4-12(13)15/h1-6H,7,17H2. The maximum absolute atomic E-state index is 13.2. The molecule has 0 saturated carbocycles. The number of halogens is 3. The Bertz CT molecular complexity index is 763. The van der Waals surface area contributed by atoms with Crippen LogP contribution in [0.25, 0.3) is 0 Å². The van der Waals surface area contributed by atoms with Crippen molar-refractivity contribution in [2.75, 3.05) is 5.73 Å². The second-order valence-electron chi connectivity index (χ2n) is 4.18. The van der Waals surface area contributed by atoms with Crippen LogP contribution in [0.1, 0.15) is 5.56 Å². The Morgan fingerprint density at radius 3 is 2.40 bits per heavy atom. The lowest BCUT2D eigenvalue weighted by Gasteiger charge is -2.09. The van der Waals surface area contributed by atoms with E-state index >= 15 is 0 Å². The highest BCUT2D eigenvalue weighted by Gasteiger charge is 2.20. The fourth-order valence-corrected chi connectivity index (χ4v) is 3.91. The van der Waals surface area contributed by atoms with Gasteiger partial charge in [0.15, 0.2) is 9.84 Å². The zero-order valence-corrected chi connectivity index (χ0v) is 12.4. The molecule has 0 saturated heterocycles. The molecule has 0 aliphatic heterocycles. The van der Waals surface area contributed by atoms with Crippen LogP contribution in [0.2, 0.25) is 10.0 Å². The first-order valence-corrected chi connectivity index (χ1v) is 7.92. The lowest BCUT2D eigenvalue weighted by molar-refractivity contribution is 0.594. The predicted octanol–water partition coefficient (Wildman–Crippen LogP) is 3.69. The highest BCUT2D eigenvalue weighted by atomic mass is 35.5. The molecule has 2 rings (SSSR count). The minimum Gasteiger partial charge on any atom is -0.399 e. The van der Waals surface area contributed by atoms with Crippen molar-refractivity contribution >= 4 is 38.7 Å². The van der Waals surface area contributed by atoms with Gasteiger partial charge in [0.1, 0.15) is 5.82 Å². The van der Waals surface area contributed by atoms with E-state index in [2.05, 4.69) is 0 Å². The maximum Gasteiger partial charge on any atom is 0.184 e. The van der Waals surface area contributed by atoms with Crippen molar-refractivity contribution in [1.82, 2.24) is 0 Å². The molecule has 0 amide bonds. The number of sulfone groups is 1. The summed E-state index contributed by atoms with van der Waals surface area (Å²) in [4.78, 5) is -0.0977. The second-order valence-corrected chi connectivity index (χ2v) is 6.96. The Morgan fingerprint density at radius 2 is 1.70 bits per heavy atom. The first-order valence-electron chi connectivity index (χ1n) is 5.51. The van der Waals surface area contributed by atoms with Gasteiger partial charge < -0.3 is 5.73 Å². The predicted molar refractivity (Wildman–Crippen MR) is 78.2 cm³/mol. The van der Waals surface area contributed by atoms with Gasteiger partial charge in [-0.1, -0.05) is 23.2 Å². The molecule has 0 atom stereocenters. The third-order valence-electron chi connectivity index (χ3n) is 2.64. The Hall–Kier alpha value is -1.30. The van der Waals surface area contributed by atoms with E-state index in [0.717, 1.165) is 12.1 Å². The summed E-state index contributed by atoms with van der Waals surface area (Å²) in [7, 11) is -3.77. The first-order chi connectivity index (χ1) is 9.29. The Labute approximate surface area is 126 Å². The normalized spacial score (nSPS) is 11.6. The summed E-state index contributed by atoms with van der Waals surface area (Å²) in [6.07, 6.45) is 0. The number of hydrogen-bond acceptors (Lipinski definition) is 3. The van der Waals surface area contributed by atoms with Gasteiger partial charge in [-0.3, -0.25) is 0 Å². The van der Waals surface area contributed by atoms with E-state index in [0.29, 0.717) is 0 Å². The number of rotatable bonds is 3. The van der Waals surface area contributed by atoms with E-state index in [1.54, 1.807) is 0 Å². The molecule has 0 spiro atoms. The van der Waals surface area contributed by atoms with Crippen LogP contribution < -0.4 is 5.73 Å². The van der Waals surface area contributed by atoms with Crippen molar-refractivity contribution < 1.29 is 12.8 Å². The van der Waals surface area contributed by atoms with Gasteiger partial charge in [-0.2, -0.15) is 0 Å². The van der Waals surface area contributed by atoms with Crippen molar-refractivity contribution in [2.45, 2.75) is 10.6 Å².